The van der Waals surface area contributed by atoms with Crippen LogP contribution < -0.4 is 0 Å². The maximum Gasteiger partial charge on any atom is -0.0357 e. The summed E-state index contributed by atoms with van der Waals surface area (Å²) < 4.78 is 0. The minimum Gasteiger partial charge on any atom is -0.0651 e. The van der Waals surface area contributed by atoms with Gasteiger partial charge in [0.1, 0.15) is 0 Å². The van der Waals surface area contributed by atoms with E-state index in [-0.39, 0.29) is 0 Å². The number of hydrogen-bond acceptors (Lipinski definition) is 0. The van der Waals surface area contributed by atoms with Crippen molar-refractivity contribution in [3.8, 4) is 0 Å². The van der Waals surface area contributed by atoms with Gasteiger partial charge in [-0.25, -0.2) is 0 Å². The Bertz CT molecular complexity index is 247. The summed E-state index contributed by atoms with van der Waals surface area (Å²) >= 11 is 0. The van der Waals surface area contributed by atoms with Crippen molar-refractivity contribution in [3.05, 3.63) is 0 Å². The van der Waals surface area contributed by atoms with Crippen LogP contribution in [0.1, 0.15) is 73.1 Å². The first kappa shape index (κ1) is 14.4. The van der Waals surface area contributed by atoms with Gasteiger partial charge in [-0.3, -0.25) is 0 Å². The summed E-state index contributed by atoms with van der Waals surface area (Å²) in [5.74, 6) is 7.06. The molecule has 0 aromatic heterocycles. The second kappa shape index (κ2) is 5.97. The van der Waals surface area contributed by atoms with Crippen molar-refractivity contribution in [2.75, 3.05) is 0 Å². The van der Waals surface area contributed by atoms with Crippen LogP contribution in [0.5, 0.6) is 0 Å². The lowest BCUT2D eigenvalue weighted by Gasteiger charge is -2.49. The second-order valence-corrected chi connectivity index (χ2v) is 7.64. The Morgan fingerprint density at radius 1 is 0.833 bits per heavy atom. The summed E-state index contributed by atoms with van der Waals surface area (Å²) in [4.78, 5) is 0. The third-order valence-electron chi connectivity index (χ3n) is 6.93. The van der Waals surface area contributed by atoms with Crippen LogP contribution in [0.3, 0.4) is 0 Å². The first-order chi connectivity index (χ1) is 8.54. The Kier molecular flexibility index (Phi) is 4.78. The van der Waals surface area contributed by atoms with Gasteiger partial charge < -0.3 is 0 Å². The topological polar surface area (TPSA) is 0 Å². The Balaban J connectivity index is 1.78. The van der Waals surface area contributed by atoms with Crippen LogP contribution in [0.25, 0.3) is 0 Å². The molecular formula is C18H34. The molecule has 0 bridgehead atoms. The van der Waals surface area contributed by atoms with E-state index in [1.807, 2.05) is 0 Å². The molecule has 0 radical (unpaired) electrons. The Labute approximate surface area is 115 Å². The molecule has 0 nitrogen and oxygen atoms in total. The first-order valence-electron chi connectivity index (χ1n) is 8.54. The van der Waals surface area contributed by atoms with Crippen molar-refractivity contribution in [1.82, 2.24) is 0 Å². The summed E-state index contributed by atoms with van der Waals surface area (Å²) in [5.41, 5.74) is 0. The van der Waals surface area contributed by atoms with Crippen molar-refractivity contribution >= 4 is 0 Å². The summed E-state index contributed by atoms with van der Waals surface area (Å²) in [6, 6.07) is 0. The lowest BCUT2D eigenvalue weighted by Crippen LogP contribution is -2.42. The molecule has 0 saturated heterocycles. The molecule has 2 fully saturated rings. The molecule has 0 aliphatic heterocycles. The molecule has 0 spiro atoms. The molecule has 2 aliphatic carbocycles. The average molecular weight is 250 g/mol. The maximum atomic E-state index is 2.51. The predicted molar refractivity (Wildman–Crippen MR) is 80.5 cm³/mol. The summed E-state index contributed by atoms with van der Waals surface area (Å²) in [7, 11) is 0. The van der Waals surface area contributed by atoms with Crippen LogP contribution in [0.2, 0.25) is 0 Å². The lowest BCUT2D eigenvalue weighted by molar-refractivity contribution is 0.00103. The van der Waals surface area contributed by atoms with Gasteiger partial charge in [-0.1, -0.05) is 53.9 Å². The molecule has 2 aliphatic rings. The Hall–Kier alpha value is 0. The Morgan fingerprint density at radius 2 is 1.50 bits per heavy atom. The van der Waals surface area contributed by atoms with Crippen LogP contribution in [-0.2, 0) is 0 Å². The van der Waals surface area contributed by atoms with Gasteiger partial charge in [-0.05, 0) is 60.7 Å². The maximum absolute atomic E-state index is 2.51. The monoisotopic (exact) mass is 250 g/mol. The fraction of sp³-hybridized carbons (Fsp3) is 1.00. The van der Waals surface area contributed by atoms with E-state index in [9.17, 15) is 0 Å². The fourth-order valence-electron chi connectivity index (χ4n) is 4.81. The normalized spacial score (nSPS) is 48.8. The van der Waals surface area contributed by atoms with E-state index in [1.54, 1.807) is 0 Å². The zero-order valence-electron chi connectivity index (χ0n) is 13.3. The molecule has 2 saturated carbocycles. The quantitative estimate of drug-likeness (QED) is 0.594. The third kappa shape index (κ3) is 2.78. The first-order valence-corrected chi connectivity index (χ1v) is 8.54. The van der Waals surface area contributed by atoms with Gasteiger partial charge in [0.2, 0.25) is 0 Å². The largest absolute Gasteiger partial charge is 0.0651 e. The van der Waals surface area contributed by atoms with Crippen LogP contribution in [0.15, 0.2) is 0 Å². The van der Waals surface area contributed by atoms with E-state index >= 15 is 0 Å². The molecular weight excluding hydrogens is 216 g/mol. The zero-order valence-corrected chi connectivity index (χ0v) is 13.3. The molecule has 2 rings (SSSR count). The molecule has 18 heavy (non-hydrogen) atoms. The molecule has 0 heteroatoms. The van der Waals surface area contributed by atoms with Crippen molar-refractivity contribution < 1.29 is 0 Å². The van der Waals surface area contributed by atoms with E-state index < -0.39 is 0 Å². The standard InChI is InChI=1S/C18H34/c1-6-16-8-7-12(2)17(11-16)9-10-18-14(4)13(3)15(18)5/h12-18H,6-11H2,1-5H3. The average Bonchev–Trinajstić information content (AvgIpc) is 2.40. The minimum atomic E-state index is 0.974. The van der Waals surface area contributed by atoms with Crippen LogP contribution >= 0.6 is 0 Å². The Morgan fingerprint density at radius 3 is 2.11 bits per heavy atom. The van der Waals surface area contributed by atoms with Crippen molar-refractivity contribution in [2.24, 2.45) is 41.4 Å². The van der Waals surface area contributed by atoms with Gasteiger partial charge in [-0.2, -0.15) is 0 Å². The van der Waals surface area contributed by atoms with E-state index in [1.165, 1.54) is 38.5 Å². The van der Waals surface area contributed by atoms with E-state index in [2.05, 4.69) is 34.6 Å². The van der Waals surface area contributed by atoms with E-state index in [4.69, 9.17) is 0 Å². The lowest BCUT2D eigenvalue weighted by atomic mass is 9.57. The van der Waals surface area contributed by atoms with Gasteiger partial charge in [0.25, 0.3) is 0 Å². The summed E-state index contributed by atoms with van der Waals surface area (Å²) in [5, 5.41) is 0. The molecule has 5 unspecified atom stereocenters. The predicted octanol–water partition coefficient (Wildman–Crippen LogP) is 5.77. The molecule has 5 atom stereocenters. The number of hydrogen-bond donors (Lipinski definition) is 0. The van der Waals surface area contributed by atoms with Crippen molar-refractivity contribution in [1.29, 1.82) is 0 Å². The van der Waals surface area contributed by atoms with Crippen LogP contribution in [0.4, 0.5) is 0 Å². The molecule has 0 heterocycles. The molecule has 0 amide bonds. The zero-order chi connectivity index (χ0) is 13.3. The second-order valence-electron chi connectivity index (χ2n) is 7.64. The van der Waals surface area contributed by atoms with Gasteiger partial charge in [0.05, 0.1) is 0 Å². The summed E-state index contributed by atoms with van der Waals surface area (Å²) in [6.45, 7) is 12.3. The van der Waals surface area contributed by atoms with E-state index in [0.29, 0.717) is 0 Å². The molecule has 106 valence electrons. The van der Waals surface area contributed by atoms with Gasteiger partial charge >= 0.3 is 0 Å². The fourth-order valence-corrected chi connectivity index (χ4v) is 4.81. The highest BCUT2D eigenvalue weighted by Gasteiger charge is 2.41. The van der Waals surface area contributed by atoms with Gasteiger partial charge in [-0.15, -0.1) is 0 Å². The van der Waals surface area contributed by atoms with Gasteiger partial charge in [0, 0.05) is 0 Å². The highest BCUT2D eigenvalue weighted by atomic mass is 14.5. The summed E-state index contributed by atoms with van der Waals surface area (Å²) in [6.07, 6.45) is 8.97. The van der Waals surface area contributed by atoms with E-state index in [0.717, 1.165) is 41.4 Å². The van der Waals surface area contributed by atoms with Crippen molar-refractivity contribution in [3.63, 3.8) is 0 Å². The number of rotatable bonds is 4. The highest BCUT2D eigenvalue weighted by molar-refractivity contribution is 4.90. The van der Waals surface area contributed by atoms with Crippen LogP contribution in [-0.4, -0.2) is 0 Å². The molecule has 0 aromatic carbocycles. The minimum absolute atomic E-state index is 0.974. The molecule has 0 N–H and O–H groups in total. The molecule has 0 aromatic rings. The smallest absolute Gasteiger partial charge is 0.0357 e. The third-order valence-corrected chi connectivity index (χ3v) is 6.93. The van der Waals surface area contributed by atoms with Gasteiger partial charge in [0.15, 0.2) is 0 Å². The van der Waals surface area contributed by atoms with Crippen LogP contribution in [0, 0.1) is 41.4 Å². The highest BCUT2D eigenvalue weighted by Crippen LogP contribution is 2.49. The SMILES string of the molecule is CCC1CCC(C)C(CCC2C(C)C(C)C2C)C1. The van der Waals surface area contributed by atoms with Crippen molar-refractivity contribution in [2.45, 2.75) is 73.1 Å².